The number of hydrogen-bond acceptors (Lipinski definition) is 4. The van der Waals surface area contributed by atoms with Crippen LogP contribution in [0.15, 0.2) is 36.4 Å². The van der Waals surface area contributed by atoms with Gasteiger partial charge in [0.2, 0.25) is 0 Å². The molecule has 3 rings (SSSR count). The Kier molecular flexibility index (Phi) is 4.56. The van der Waals surface area contributed by atoms with Gasteiger partial charge in [0.05, 0.1) is 21.8 Å². The van der Waals surface area contributed by atoms with Gasteiger partial charge in [0.15, 0.2) is 0 Å². The molecule has 2 aromatic rings. The van der Waals surface area contributed by atoms with Crippen LogP contribution in [0.2, 0.25) is 5.02 Å². The molecule has 2 aromatic carbocycles. The summed E-state index contributed by atoms with van der Waals surface area (Å²) in [6, 6.07) is 8.58. The Morgan fingerprint density at radius 3 is 2.19 bits per heavy atom. The lowest BCUT2D eigenvalue weighted by Gasteiger charge is -2.17. The number of hydrogen-bond donors (Lipinski definition) is 3. The molecule has 0 aliphatic carbocycles. The van der Waals surface area contributed by atoms with Crippen LogP contribution in [0, 0.1) is 0 Å². The summed E-state index contributed by atoms with van der Waals surface area (Å²) in [7, 11) is 0. The second-order valence-electron chi connectivity index (χ2n) is 6.15. The van der Waals surface area contributed by atoms with Crippen LogP contribution in [0.5, 0.6) is 0 Å². The van der Waals surface area contributed by atoms with Crippen molar-refractivity contribution in [2.24, 2.45) is 0 Å². The predicted molar refractivity (Wildman–Crippen MR) is 101 cm³/mol. The second kappa shape index (κ2) is 6.68. The molecule has 1 heterocycles. The first-order chi connectivity index (χ1) is 12.3. The fourth-order valence-corrected chi connectivity index (χ4v) is 2.89. The number of carbonyl (C=O) groups is 3. The topological polar surface area (TPSA) is 105 Å². The van der Waals surface area contributed by atoms with Gasteiger partial charge in [-0.25, -0.2) is 4.79 Å². The molecule has 4 N–H and O–H groups in total. The van der Waals surface area contributed by atoms with Crippen LogP contribution in [0.4, 0.5) is 21.9 Å². The van der Waals surface area contributed by atoms with E-state index in [1.54, 1.807) is 32.0 Å². The third-order valence-electron chi connectivity index (χ3n) is 3.95. The minimum Gasteiger partial charge on any atom is -0.398 e. The summed E-state index contributed by atoms with van der Waals surface area (Å²) < 4.78 is 0. The summed E-state index contributed by atoms with van der Waals surface area (Å²) in [4.78, 5) is 38.0. The zero-order chi connectivity index (χ0) is 19.0. The molecule has 0 aromatic heterocycles. The lowest BCUT2D eigenvalue weighted by Crippen LogP contribution is -2.35. The number of benzene rings is 2. The maximum atomic E-state index is 12.4. The number of anilines is 3. The van der Waals surface area contributed by atoms with E-state index in [2.05, 4.69) is 10.6 Å². The van der Waals surface area contributed by atoms with Crippen LogP contribution in [-0.4, -0.2) is 28.8 Å². The molecule has 0 atom stereocenters. The van der Waals surface area contributed by atoms with Gasteiger partial charge >= 0.3 is 6.03 Å². The van der Waals surface area contributed by atoms with Crippen LogP contribution in [0.3, 0.4) is 0 Å². The Balaban J connectivity index is 1.76. The molecule has 0 fully saturated rings. The predicted octanol–water partition coefficient (Wildman–Crippen LogP) is 3.57. The third-order valence-corrected chi connectivity index (χ3v) is 4.28. The summed E-state index contributed by atoms with van der Waals surface area (Å²) in [5.74, 6) is -0.693. The number of rotatable bonds is 3. The molecule has 8 heteroatoms. The molecule has 0 saturated carbocycles. The number of nitrogen functional groups attached to an aromatic ring is 1. The summed E-state index contributed by atoms with van der Waals surface area (Å²) >= 11 is 5.92. The number of fused-ring (bicyclic) bond motifs is 1. The molecule has 134 valence electrons. The van der Waals surface area contributed by atoms with Crippen LogP contribution >= 0.6 is 11.6 Å². The van der Waals surface area contributed by atoms with Crippen molar-refractivity contribution in [2.75, 3.05) is 16.4 Å². The van der Waals surface area contributed by atoms with Crippen molar-refractivity contribution in [2.45, 2.75) is 19.9 Å². The van der Waals surface area contributed by atoms with E-state index in [1.807, 2.05) is 0 Å². The van der Waals surface area contributed by atoms with Gasteiger partial charge in [-0.2, -0.15) is 0 Å². The Morgan fingerprint density at radius 2 is 1.58 bits per heavy atom. The number of nitrogens with zero attached hydrogens (tertiary/aromatic N) is 1. The molecule has 26 heavy (non-hydrogen) atoms. The molecule has 1 aliphatic rings. The fraction of sp³-hybridized carbons (Fsp3) is 0.167. The van der Waals surface area contributed by atoms with E-state index in [0.29, 0.717) is 27.6 Å². The number of imide groups is 1. The number of nitrogens with two attached hydrogens (primary N) is 1. The maximum absolute atomic E-state index is 12.4. The second-order valence-corrected chi connectivity index (χ2v) is 6.56. The quantitative estimate of drug-likeness (QED) is 0.565. The zero-order valence-corrected chi connectivity index (χ0v) is 14.9. The molecule has 4 amide bonds. The highest BCUT2D eigenvalue weighted by Gasteiger charge is 2.37. The number of halogens is 1. The lowest BCUT2D eigenvalue weighted by molar-refractivity contribution is 0.0609. The van der Waals surface area contributed by atoms with E-state index in [0.717, 1.165) is 0 Å². The fourth-order valence-electron chi connectivity index (χ4n) is 2.70. The zero-order valence-electron chi connectivity index (χ0n) is 14.2. The molecule has 0 radical (unpaired) electrons. The highest BCUT2D eigenvalue weighted by molar-refractivity contribution is 6.33. The maximum Gasteiger partial charge on any atom is 0.323 e. The van der Waals surface area contributed by atoms with Crippen molar-refractivity contribution in [1.82, 2.24) is 4.90 Å². The first kappa shape index (κ1) is 17.8. The largest absolute Gasteiger partial charge is 0.398 e. The molecule has 0 bridgehead atoms. The molecule has 7 nitrogen and oxygen atoms in total. The van der Waals surface area contributed by atoms with Crippen molar-refractivity contribution >= 4 is 46.5 Å². The van der Waals surface area contributed by atoms with Gasteiger partial charge in [-0.15, -0.1) is 0 Å². The SMILES string of the molecule is CC(C)N1C(=O)c2ccc(NC(=O)Nc3ccc(N)c(Cl)c3)cc2C1=O. The molecule has 0 saturated heterocycles. The number of amides is 4. The molecule has 0 spiro atoms. The number of nitrogens with one attached hydrogen (secondary N) is 2. The average molecular weight is 373 g/mol. The van der Waals surface area contributed by atoms with E-state index in [1.165, 1.54) is 23.1 Å². The Hall–Kier alpha value is -3.06. The molecule has 1 aliphatic heterocycles. The summed E-state index contributed by atoms with van der Waals surface area (Å²) in [5.41, 5.74) is 7.52. The van der Waals surface area contributed by atoms with Crippen molar-refractivity contribution < 1.29 is 14.4 Å². The van der Waals surface area contributed by atoms with Crippen LogP contribution in [0.1, 0.15) is 34.6 Å². The van der Waals surface area contributed by atoms with Crippen LogP contribution in [-0.2, 0) is 0 Å². The Morgan fingerprint density at radius 1 is 1.00 bits per heavy atom. The normalized spacial score (nSPS) is 13.2. The van der Waals surface area contributed by atoms with Gasteiger partial charge in [-0.1, -0.05) is 11.6 Å². The summed E-state index contributed by atoms with van der Waals surface area (Å²) in [5, 5.41) is 5.58. The standard InChI is InChI=1S/C18H17ClN4O3/c1-9(2)23-16(24)12-5-3-10(7-13(12)17(23)25)21-18(26)22-11-4-6-15(20)14(19)8-11/h3-9H,20H2,1-2H3,(H2,21,22,26). The monoisotopic (exact) mass is 372 g/mol. The van der Waals surface area contributed by atoms with Gasteiger partial charge in [0.25, 0.3) is 11.8 Å². The number of carbonyl (C=O) groups excluding carboxylic acids is 3. The highest BCUT2D eigenvalue weighted by atomic mass is 35.5. The highest BCUT2D eigenvalue weighted by Crippen LogP contribution is 2.27. The average Bonchev–Trinajstić information content (AvgIpc) is 2.82. The first-order valence-electron chi connectivity index (χ1n) is 7.93. The van der Waals surface area contributed by atoms with Gasteiger partial charge in [-0.05, 0) is 50.2 Å². The van der Waals surface area contributed by atoms with Crippen molar-refractivity contribution in [3.05, 3.63) is 52.5 Å². The van der Waals surface area contributed by atoms with E-state index >= 15 is 0 Å². The molecular weight excluding hydrogens is 356 g/mol. The summed E-state index contributed by atoms with van der Waals surface area (Å²) in [6.45, 7) is 3.54. The minimum atomic E-state index is -0.511. The molecule has 0 unspecified atom stereocenters. The van der Waals surface area contributed by atoms with E-state index in [9.17, 15) is 14.4 Å². The smallest absolute Gasteiger partial charge is 0.323 e. The van der Waals surface area contributed by atoms with E-state index < -0.39 is 6.03 Å². The van der Waals surface area contributed by atoms with Crippen LogP contribution < -0.4 is 16.4 Å². The van der Waals surface area contributed by atoms with Gasteiger partial charge in [0, 0.05) is 17.4 Å². The van der Waals surface area contributed by atoms with E-state index in [-0.39, 0.29) is 23.4 Å². The Labute approximate surface area is 155 Å². The van der Waals surface area contributed by atoms with E-state index in [4.69, 9.17) is 17.3 Å². The molecular formula is C18H17ClN4O3. The first-order valence-corrected chi connectivity index (χ1v) is 8.30. The summed E-state index contributed by atoms with van der Waals surface area (Å²) in [6.07, 6.45) is 0. The minimum absolute atomic E-state index is 0.239. The van der Waals surface area contributed by atoms with Crippen molar-refractivity contribution in [1.29, 1.82) is 0 Å². The van der Waals surface area contributed by atoms with Crippen LogP contribution in [0.25, 0.3) is 0 Å². The Bertz CT molecular complexity index is 927. The number of urea groups is 1. The van der Waals surface area contributed by atoms with Crippen molar-refractivity contribution in [3.63, 3.8) is 0 Å². The van der Waals surface area contributed by atoms with Gasteiger partial charge < -0.3 is 16.4 Å². The van der Waals surface area contributed by atoms with Gasteiger partial charge in [-0.3, -0.25) is 14.5 Å². The van der Waals surface area contributed by atoms with Crippen molar-refractivity contribution in [3.8, 4) is 0 Å². The third kappa shape index (κ3) is 3.21. The lowest BCUT2D eigenvalue weighted by atomic mass is 10.1. The van der Waals surface area contributed by atoms with Gasteiger partial charge in [0.1, 0.15) is 0 Å².